The van der Waals surface area contributed by atoms with Crippen LogP contribution in [0.4, 0.5) is 5.69 Å². The minimum Gasteiger partial charge on any atom is -0.468 e. The Morgan fingerprint density at radius 1 is 1.62 bits per heavy atom. The fourth-order valence-corrected chi connectivity index (χ4v) is 3.04. The average molecular weight is 359 g/mol. The summed E-state index contributed by atoms with van der Waals surface area (Å²) in [5.41, 5.74) is 0.453. The number of nitrogens with zero attached hydrogens (tertiary/aromatic N) is 3. The van der Waals surface area contributed by atoms with Crippen molar-refractivity contribution in [1.82, 2.24) is 15.1 Å². The summed E-state index contributed by atoms with van der Waals surface area (Å²) in [6.45, 7) is 2.56. The van der Waals surface area contributed by atoms with Crippen LogP contribution in [-0.4, -0.2) is 49.5 Å². The van der Waals surface area contributed by atoms with Crippen molar-refractivity contribution >= 4 is 27.6 Å². The highest BCUT2D eigenvalue weighted by Crippen LogP contribution is 2.27. The highest BCUT2D eigenvalue weighted by Gasteiger charge is 2.25. The van der Waals surface area contributed by atoms with E-state index in [0.717, 1.165) is 36.4 Å². The quantitative estimate of drug-likeness (QED) is 0.759. The van der Waals surface area contributed by atoms with E-state index in [-0.39, 0.29) is 12.1 Å². The topological polar surface area (TPSA) is 76.5 Å². The van der Waals surface area contributed by atoms with Crippen LogP contribution in [0.2, 0.25) is 0 Å². The van der Waals surface area contributed by atoms with Gasteiger partial charge in [0.2, 0.25) is 0 Å². The first kappa shape index (κ1) is 16.0. The smallest absolute Gasteiger partial charge is 0.327 e. The van der Waals surface area contributed by atoms with Crippen LogP contribution in [0.15, 0.2) is 15.5 Å². The van der Waals surface area contributed by atoms with E-state index in [1.165, 1.54) is 7.11 Å². The molecule has 1 saturated heterocycles. The maximum absolute atomic E-state index is 12.2. The molecule has 0 saturated carbocycles. The molecule has 7 nitrogen and oxygen atoms in total. The largest absolute Gasteiger partial charge is 0.468 e. The number of ether oxygens (including phenoxy) is 1. The molecule has 1 N–H and O–H groups in total. The molecule has 1 aliphatic rings. The van der Waals surface area contributed by atoms with Crippen LogP contribution >= 0.6 is 15.9 Å². The second-order valence-electron chi connectivity index (χ2n) is 5.04. The van der Waals surface area contributed by atoms with Crippen molar-refractivity contribution in [3.63, 3.8) is 0 Å². The number of hydrogen-bond donors (Lipinski definition) is 1. The summed E-state index contributed by atoms with van der Waals surface area (Å²) < 4.78 is 6.08. The predicted octanol–water partition coefficient (Wildman–Crippen LogP) is 0.224. The van der Waals surface area contributed by atoms with Crippen LogP contribution < -0.4 is 15.8 Å². The lowest BCUT2D eigenvalue weighted by molar-refractivity contribution is -0.141. The molecule has 8 heteroatoms. The van der Waals surface area contributed by atoms with Gasteiger partial charge in [-0.05, 0) is 41.9 Å². The van der Waals surface area contributed by atoms with Crippen LogP contribution in [-0.2, 0) is 16.1 Å². The van der Waals surface area contributed by atoms with Gasteiger partial charge in [-0.2, -0.15) is 5.10 Å². The Balaban J connectivity index is 2.18. The molecule has 1 atom stereocenters. The number of carbonyl (C=O) groups excluding carboxylic acids is 1. The number of methoxy groups -OCH3 is 1. The molecule has 1 unspecified atom stereocenters. The zero-order valence-electron chi connectivity index (χ0n) is 12.1. The average Bonchev–Trinajstić information content (AvgIpc) is 2.92. The highest BCUT2D eigenvalue weighted by atomic mass is 79.9. The maximum atomic E-state index is 12.2. The van der Waals surface area contributed by atoms with Crippen LogP contribution in [0, 0.1) is 5.92 Å². The van der Waals surface area contributed by atoms with Crippen molar-refractivity contribution < 1.29 is 9.53 Å². The van der Waals surface area contributed by atoms with Gasteiger partial charge in [0, 0.05) is 13.1 Å². The molecular weight excluding hydrogens is 340 g/mol. The first-order chi connectivity index (χ1) is 10.1. The molecule has 0 aromatic carbocycles. The van der Waals surface area contributed by atoms with Crippen LogP contribution in [0.5, 0.6) is 0 Å². The SMILES string of the molecule is CNCC1CCN(c2cnn(CC(=O)OC)c(=O)c2Br)C1. The number of aromatic nitrogens is 2. The zero-order valence-corrected chi connectivity index (χ0v) is 13.7. The summed E-state index contributed by atoms with van der Waals surface area (Å²) >= 11 is 3.33. The lowest BCUT2D eigenvalue weighted by Crippen LogP contribution is -2.31. The lowest BCUT2D eigenvalue weighted by Gasteiger charge is -2.20. The lowest BCUT2D eigenvalue weighted by atomic mass is 10.1. The van der Waals surface area contributed by atoms with E-state index < -0.39 is 5.97 Å². The minimum absolute atomic E-state index is 0.184. The van der Waals surface area contributed by atoms with Crippen molar-refractivity contribution in [3.8, 4) is 0 Å². The van der Waals surface area contributed by atoms with Crippen LogP contribution in [0.3, 0.4) is 0 Å². The number of carbonyl (C=O) groups is 1. The molecule has 0 bridgehead atoms. The van der Waals surface area contributed by atoms with Gasteiger partial charge in [-0.15, -0.1) is 0 Å². The van der Waals surface area contributed by atoms with Gasteiger partial charge >= 0.3 is 5.97 Å². The first-order valence-electron chi connectivity index (χ1n) is 6.78. The van der Waals surface area contributed by atoms with Gasteiger partial charge in [0.15, 0.2) is 0 Å². The molecular formula is C13H19BrN4O3. The maximum Gasteiger partial charge on any atom is 0.327 e. The fraction of sp³-hybridized carbons (Fsp3) is 0.615. The van der Waals surface area contributed by atoms with E-state index in [1.807, 2.05) is 7.05 Å². The molecule has 2 heterocycles. The summed E-state index contributed by atoms with van der Waals surface area (Å²) in [6.07, 6.45) is 2.70. The standard InChI is InChI=1S/C13H19BrN4O3/c1-15-5-9-3-4-17(7-9)10-6-16-18(8-11(19)21-2)13(20)12(10)14/h6,9,15H,3-5,7-8H2,1-2H3. The molecule has 1 aromatic rings. The number of esters is 1. The van der Waals surface area contributed by atoms with Crippen LogP contribution in [0.1, 0.15) is 6.42 Å². The van der Waals surface area contributed by atoms with Crippen molar-refractivity contribution in [2.75, 3.05) is 38.7 Å². The van der Waals surface area contributed by atoms with Crippen molar-refractivity contribution in [3.05, 3.63) is 21.0 Å². The molecule has 1 aliphatic heterocycles. The van der Waals surface area contributed by atoms with E-state index in [9.17, 15) is 9.59 Å². The van der Waals surface area contributed by atoms with Gasteiger partial charge in [-0.3, -0.25) is 9.59 Å². The Kier molecular flexibility index (Phi) is 5.35. The monoisotopic (exact) mass is 358 g/mol. The second kappa shape index (κ2) is 7.04. The molecule has 2 rings (SSSR count). The van der Waals surface area contributed by atoms with Gasteiger partial charge in [-0.25, -0.2) is 4.68 Å². The molecule has 0 spiro atoms. The number of hydrogen-bond acceptors (Lipinski definition) is 6. The number of anilines is 1. The first-order valence-corrected chi connectivity index (χ1v) is 7.58. The zero-order chi connectivity index (χ0) is 15.4. The van der Waals surface area contributed by atoms with Gasteiger partial charge in [0.05, 0.1) is 19.0 Å². The number of halogens is 1. The molecule has 0 radical (unpaired) electrons. The second-order valence-corrected chi connectivity index (χ2v) is 5.83. The Hall–Kier alpha value is -1.41. The molecule has 1 aromatic heterocycles. The summed E-state index contributed by atoms with van der Waals surface area (Å²) in [5.74, 6) is 0.0684. The molecule has 0 amide bonds. The van der Waals surface area contributed by atoms with Gasteiger partial charge in [-0.1, -0.05) is 0 Å². The normalized spacial score (nSPS) is 18.0. The Bertz CT molecular complexity index is 575. The van der Waals surface area contributed by atoms with E-state index in [0.29, 0.717) is 10.4 Å². The van der Waals surface area contributed by atoms with Gasteiger partial charge < -0.3 is 15.0 Å². The van der Waals surface area contributed by atoms with E-state index >= 15 is 0 Å². The van der Waals surface area contributed by atoms with Crippen molar-refractivity contribution in [2.24, 2.45) is 5.92 Å². The molecule has 0 aliphatic carbocycles. The third-order valence-electron chi connectivity index (χ3n) is 3.59. The Morgan fingerprint density at radius 2 is 2.38 bits per heavy atom. The van der Waals surface area contributed by atoms with Crippen molar-refractivity contribution in [1.29, 1.82) is 0 Å². The number of nitrogens with one attached hydrogen (secondary N) is 1. The van der Waals surface area contributed by atoms with E-state index in [4.69, 9.17) is 0 Å². The summed E-state index contributed by atoms with van der Waals surface area (Å²) in [4.78, 5) is 25.6. The van der Waals surface area contributed by atoms with Gasteiger partial charge in [0.25, 0.3) is 5.56 Å². The minimum atomic E-state index is -0.500. The number of rotatable bonds is 5. The third kappa shape index (κ3) is 3.62. The summed E-state index contributed by atoms with van der Waals surface area (Å²) in [7, 11) is 3.22. The summed E-state index contributed by atoms with van der Waals surface area (Å²) in [5, 5.41) is 7.23. The molecule has 21 heavy (non-hydrogen) atoms. The Morgan fingerprint density at radius 3 is 3.05 bits per heavy atom. The fourth-order valence-electron chi connectivity index (χ4n) is 2.48. The van der Waals surface area contributed by atoms with Gasteiger partial charge in [0.1, 0.15) is 11.0 Å². The van der Waals surface area contributed by atoms with Crippen molar-refractivity contribution in [2.45, 2.75) is 13.0 Å². The Labute approximate surface area is 131 Å². The van der Waals surface area contributed by atoms with E-state index in [1.54, 1.807) is 6.20 Å². The van der Waals surface area contributed by atoms with Crippen LogP contribution in [0.25, 0.3) is 0 Å². The summed E-state index contributed by atoms with van der Waals surface area (Å²) in [6, 6.07) is 0. The highest BCUT2D eigenvalue weighted by molar-refractivity contribution is 9.10. The molecule has 1 fully saturated rings. The molecule has 116 valence electrons. The third-order valence-corrected chi connectivity index (χ3v) is 4.34. The van der Waals surface area contributed by atoms with E-state index in [2.05, 4.69) is 36.0 Å². The predicted molar refractivity (Wildman–Crippen MR) is 82.5 cm³/mol.